The fraction of sp³-hybridized carbons (Fsp3) is 0.727. The first kappa shape index (κ1) is 42.9. The zero-order valence-electron chi connectivity index (χ0n) is 36.0. The Hall–Kier alpha value is -1.26. The summed E-state index contributed by atoms with van der Waals surface area (Å²) in [5.74, 6) is 0. The first-order valence-electron chi connectivity index (χ1n) is 18.2. The first-order valence-corrected chi connectivity index (χ1v) is 20.3. The molecule has 0 aliphatic heterocycles. The highest BCUT2D eigenvalue weighted by atomic mass is 33.1. The molecule has 0 spiro atoms. The van der Waals surface area contributed by atoms with Crippen LogP contribution in [0.25, 0.3) is 0 Å². The van der Waals surface area contributed by atoms with E-state index >= 15 is 0 Å². The van der Waals surface area contributed by atoms with Crippen LogP contribution in [0.4, 0.5) is 11.4 Å². The normalized spacial score (nSPS) is 14.4. The van der Waals surface area contributed by atoms with Gasteiger partial charge >= 0.3 is 0 Å². The minimum atomic E-state index is -0.139. The maximum Gasteiger partial charge on any atom is 0.0559 e. The van der Waals surface area contributed by atoms with Crippen molar-refractivity contribution < 1.29 is 0 Å². The maximum absolute atomic E-state index is 2.64. The molecule has 0 heterocycles. The van der Waals surface area contributed by atoms with Crippen molar-refractivity contribution in [2.24, 2.45) is 0 Å². The van der Waals surface area contributed by atoms with Gasteiger partial charge in [-0.1, -0.05) is 149 Å². The number of hydrogen-bond donors (Lipinski definition) is 0. The number of nitrogens with zero attached hydrogens (tertiary/aromatic N) is 2. The molecule has 0 aliphatic carbocycles. The quantitative estimate of drug-likeness (QED) is 0.227. The summed E-state index contributed by atoms with van der Waals surface area (Å²) < 4.78 is 5.28. The Labute approximate surface area is 308 Å². The van der Waals surface area contributed by atoms with Gasteiger partial charge in [0.15, 0.2) is 0 Å². The lowest BCUT2D eigenvalue weighted by Gasteiger charge is -2.46. The second kappa shape index (κ2) is 13.4. The van der Waals surface area contributed by atoms with Gasteiger partial charge in [-0.05, 0) is 107 Å². The van der Waals surface area contributed by atoms with Crippen molar-refractivity contribution >= 4 is 33.3 Å². The van der Waals surface area contributed by atoms with Gasteiger partial charge in [0.1, 0.15) is 0 Å². The topological polar surface area (TPSA) is 6.48 Å². The summed E-state index contributed by atoms with van der Waals surface area (Å²) in [5, 5.41) is 0. The highest BCUT2D eigenvalue weighted by Crippen LogP contribution is 2.54. The molecular weight excluding hydrogens is 621 g/mol. The van der Waals surface area contributed by atoms with E-state index in [9.17, 15) is 0 Å². The summed E-state index contributed by atoms with van der Waals surface area (Å²) in [6.07, 6.45) is 0. The summed E-state index contributed by atoms with van der Waals surface area (Å²) >= 11 is 0. The van der Waals surface area contributed by atoms with Gasteiger partial charge in [0.05, 0.1) is 11.4 Å². The second-order valence-corrected chi connectivity index (χ2v) is 24.3. The number of rotatable bonds is 5. The third-order valence-corrected chi connectivity index (χ3v) is 11.9. The van der Waals surface area contributed by atoms with E-state index < -0.39 is 0 Å². The van der Waals surface area contributed by atoms with E-state index in [4.69, 9.17) is 0 Å². The highest BCUT2D eigenvalue weighted by molar-refractivity contribution is 8.77. The molecule has 0 aromatic heterocycles. The van der Waals surface area contributed by atoms with Gasteiger partial charge < -0.3 is 0 Å². The molecule has 2 nitrogen and oxygen atoms in total. The monoisotopic (exact) mass is 697 g/mol. The van der Waals surface area contributed by atoms with Crippen LogP contribution in [-0.4, -0.2) is 11.1 Å². The molecule has 48 heavy (non-hydrogen) atoms. The smallest absolute Gasteiger partial charge is 0.0559 e. The fourth-order valence-electron chi connectivity index (χ4n) is 5.90. The molecule has 0 saturated heterocycles. The Bertz CT molecular complexity index is 1240. The Kier molecular flexibility index (Phi) is 12.0. The number of hydrogen-bond acceptors (Lipinski definition) is 4. The van der Waals surface area contributed by atoms with Crippen LogP contribution >= 0.6 is 22.0 Å². The van der Waals surface area contributed by atoms with Gasteiger partial charge in [0.2, 0.25) is 0 Å². The summed E-state index contributed by atoms with van der Waals surface area (Å²) in [6, 6.07) is 10.0. The van der Waals surface area contributed by atoms with E-state index in [1.807, 2.05) is 22.0 Å². The fourth-order valence-corrected chi connectivity index (χ4v) is 9.21. The van der Waals surface area contributed by atoms with Crippen molar-refractivity contribution in [1.82, 2.24) is 0 Å². The predicted molar refractivity (Wildman–Crippen MR) is 225 cm³/mol. The second-order valence-electron chi connectivity index (χ2n) is 22.4. The van der Waals surface area contributed by atoms with E-state index in [-0.39, 0.29) is 43.6 Å². The first-order chi connectivity index (χ1) is 20.9. The van der Waals surface area contributed by atoms with Crippen LogP contribution in [0.3, 0.4) is 0 Å². The van der Waals surface area contributed by atoms with E-state index in [2.05, 4.69) is 199 Å². The molecule has 0 aliphatic rings. The molecule has 4 heteroatoms. The van der Waals surface area contributed by atoms with E-state index in [1.165, 1.54) is 44.8 Å². The molecule has 0 amide bonds. The summed E-state index contributed by atoms with van der Waals surface area (Å²) in [7, 11) is 3.82. The van der Waals surface area contributed by atoms with Crippen LogP contribution in [-0.2, 0) is 32.5 Å². The van der Waals surface area contributed by atoms with Gasteiger partial charge in [-0.25, -0.2) is 0 Å². The molecule has 0 atom stereocenters. The molecule has 274 valence electrons. The van der Waals surface area contributed by atoms with Crippen LogP contribution < -0.4 is 8.61 Å². The molecule has 0 fully saturated rings. The van der Waals surface area contributed by atoms with Gasteiger partial charge in [-0.15, -0.1) is 0 Å². The minimum absolute atomic E-state index is 0.0311. The van der Waals surface area contributed by atoms with E-state index in [1.54, 1.807) is 0 Å². The summed E-state index contributed by atoms with van der Waals surface area (Å²) in [6.45, 7) is 56.9. The van der Waals surface area contributed by atoms with Crippen LogP contribution in [0, 0.1) is 0 Å². The Morgan fingerprint density at radius 2 is 0.500 bits per heavy atom. The number of benzene rings is 2. The van der Waals surface area contributed by atoms with E-state index in [0.717, 1.165) is 0 Å². The van der Waals surface area contributed by atoms with Crippen molar-refractivity contribution in [3.05, 3.63) is 57.6 Å². The molecule has 0 saturated carbocycles. The van der Waals surface area contributed by atoms with Crippen molar-refractivity contribution in [1.29, 1.82) is 0 Å². The Balaban J connectivity index is 3.06. The molecule has 0 N–H and O–H groups in total. The molecule has 0 radical (unpaired) electrons. The average Bonchev–Trinajstić information content (AvgIpc) is 2.80. The third-order valence-electron chi connectivity index (χ3n) is 8.99. The molecule has 0 unspecified atom stereocenters. The lowest BCUT2D eigenvalue weighted by atomic mass is 9.74. The van der Waals surface area contributed by atoms with Crippen LogP contribution in [0.5, 0.6) is 0 Å². The van der Waals surface area contributed by atoms with Crippen LogP contribution in [0.15, 0.2) is 24.3 Å². The zero-order chi connectivity index (χ0) is 38.0. The molecule has 2 rings (SSSR count). The Morgan fingerprint density at radius 1 is 0.312 bits per heavy atom. The summed E-state index contributed by atoms with van der Waals surface area (Å²) in [4.78, 5) is 0. The minimum Gasteiger partial charge on any atom is -0.300 e. The van der Waals surface area contributed by atoms with Crippen LogP contribution in [0.1, 0.15) is 200 Å². The third kappa shape index (κ3) is 10.2. The average molecular weight is 697 g/mol. The molecule has 2 aromatic carbocycles. The summed E-state index contributed by atoms with van der Waals surface area (Å²) in [5.41, 5.74) is 11.0. The molecular formula is C44H76N2S2. The van der Waals surface area contributed by atoms with Crippen molar-refractivity contribution in [3.63, 3.8) is 0 Å². The van der Waals surface area contributed by atoms with E-state index in [0.29, 0.717) is 0 Å². The zero-order valence-corrected chi connectivity index (χ0v) is 37.7. The van der Waals surface area contributed by atoms with Crippen molar-refractivity contribution in [3.8, 4) is 0 Å². The lowest BCUT2D eigenvalue weighted by Crippen LogP contribution is -2.42. The van der Waals surface area contributed by atoms with Gasteiger partial charge in [0.25, 0.3) is 0 Å². The molecule has 2 aromatic rings. The van der Waals surface area contributed by atoms with Gasteiger partial charge in [-0.2, -0.15) is 0 Å². The van der Waals surface area contributed by atoms with Crippen LogP contribution in [0.2, 0.25) is 0 Å². The standard InChI is InChI=1S/C44H76N2S2/c1-37(2,3)29-25-31(39(7,8)9)35(32(26-29)40(10,11)12)45(43(19,20)21)47-48-46(44(22,23)24)36-33(41(13,14)15)27-30(38(4,5)6)28-34(36)42(16,17)18/h25-28H,1-24H3. The van der Waals surface area contributed by atoms with Gasteiger partial charge in [0, 0.05) is 33.0 Å². The predicted octanol–water partition coefficient (Wildman–Crippen LogP) is 14.6. The van der Waals surface area contributed by atoms with Gasteiger partial charge in [-0.3, -0.25) is 8.61 Å². The van der Waals surface area contributed by atoms with Crippen molar-refractivity contribution in [2.75, 3.05) is 8.61 Å². The SMILES string of the molecule is CC(C)(C)c1cc(C(C)(C)C)c(N(SSN(c2c(C(C)(C)C)cc(C(C)(C)C)cc2C(C)(C)C)C(C)(C)C)C(C)(C)C)c(C(C)(C)C)c1. The Morgan fingerprint density at radius 3 is 0.625 bits per heavy atom. The highest BCUT2D eigenvalue weighted by Gasteiger charge is 2.39. The molecule has 0 bridgehead atoms. The largest absolute Gasteiger partial charge is 0.300 e. The number of anilines is 2. The van der Waals surface area contributed by atoms with Crippen molar-refractivity contribution in [2.45, 2.75) is 210 Å². The lowest BCUT2D eigenvalue weighted by molar-refractivity contribution is 0.531. The maximum atomic E-state index is 2.64.